The van der Waals surface area contributed by atoms with E-state index in [0.717, 1.165) is 12.8 Å². The van der Waals surface area contributed by atoms with Crippen LogP contribution < -0.4 is 16.2 Å². The SMILES string of the molecule is NC(=O)c1ccnc(N)c1OC1CC1. The standard InChI is InChI=1S/C9H11N3O2/c10-8-7(14-5-1-2-5)6(9(11)13)3-4-12-8/h3-5H,1-2H2,(H2,10,12)(H2,11,13). The molecular formula is C9H11N3O2. The largest absolute Gasteiger partial charge is 0.486 e. The third-order valence-electron chi connectivity index (χ3n) is 2.01. The van der Waals surface area contributed by atoms with Crippen LogP contribution in [0, 0.1) is 0 Å². The van der Waals surface area contributed by atoms with Crippen molar-refractivity contribution in [1.29, 1.82) is 0 Å². The summed E-state index contributed by atoms with van der Waals surface area (Å²) in [4.78, 5) is 14.9. The summed E-state index contributed by atoms with van der Waals surface area (Å²) in [5.74, 6) is -0.00884. The number of anilines is 1. The molecule has 1 heterocycles. The first kappa shape index (κ1) is 8.80. The lowest BCUT2D eigenvalue weighted by molar-refractivity contribution is 0.0996. The summed E-state index contributed by atoms with van der Waals surface area (Å²) in [5, 5.41) is 0. The molecular weight excluding hydrogens is 182 g/mol. The molecule has 5 nitrogen and oxygen atoms in total. The Bertz CT molecular complexity index is 374. The van der Waals surface area contributed by atoms with E-state index in [9.17, 15) is 4.79 Å². The molecule has 5 heteroatoms. The molecule has 14 heavy (non-hydrogen) atoms. The lowest BCUT2D eigenvalue weighted by atomic mass is 10.2. The number of ether oxygens (including phenoxy) is 1. The van der Waals surface area contributed by atoms with E-state index in [1.807, 2.05) is 0 Å². The first-order valence-electron chi connectivity index (χ1n) is 4.39. The van der Waals surface area contributed by atoms with Crippen LogP contribution in [-0.2, 0) is 0 Å². The molecule has 1 aliphatic rings. The Hall–Kier alpha value is -1.78. The topological polar surface area (TPSA) is 91.2 Å². The third-order valence-corrected chi connectivity index (χ3v) is 2.01. The molecule has 1 aliphatic carbocycles. The highest BCUT2D eigenvalue weighted by atomic mass is 16.5. The average molecular weight is 193 g/mol. The van der Waals surface area contributed by atoms with Crippen molar-refractivity contribution in [1.82, 2.24) is 4.98 Å². The fraction of sp³-hybridized carbons (Fsp3) is 0.333. The number of amides is 1. The van der Waals surface area contributed by atoms with Crippen molar-refractivity contribution in [3.05, 3.63) is 17.8 Å². The van der Waals surface area contributed by atoms with Gasteiger partial charge in [-0.3, -0.25) is 4.79 Å². The quantitative estimate of drug-likeness (QED) is 0.722. The van der Waals surface area contributed by atoms with Gasteiger partial charge in [0.2, 0.25) is 0 Å². The molecule has 2 rings (SSSR count). The summed E-state index contributed by atoms with van der Waals surface area (Å²) in [5.41, 5.74) is 11.1. The number of hydrogen-bond acceptors (Lipinski definition) is 4. The van der Waals surface area contributed by atoms with Gasteiger partial charge in [-0.2, -0.15) is 0 Å². The van der Waals surface area contributed by atoms with Crippen molar-refractivity contribution in [2.24, 2.45) is 5.73 Å². The van der Waals surface area contributed by atoms with Crippen molar-refractivity contribution in [2.45, 2.75) is 18.9 Å². The minimum absolute atomic E-state index is 0.166. The summed E-state index contributed by atoms with van der Waals surface area (Å²) in [6, 6.07) is 1.51. The second-order valence-corrected chi connectivity index (χ2v) is 3.25. The highest BCUT2D eigenvalue weighted by Gasteiger charge is 2.26. The molecule has 1 aromatic heterocycles. The van der Waals surface area contributed by atoms with E-state index in [4.69, 9.17) is 16.2 Å². The van der Waals surface area contributed by atoms with Crippen LogP contribution >= 0.6 is 0 Å². The van der Waals surface area contributed by atoms with Crippen LogP contribution in [0.4, 0.5) is 5.82 Å². The van der Waals surface area contributed by atoms with Crippen molar-refractivity contribution in [2.75, 3.05) is 5.73 Å². The second-order valence-electron chi connectivity index (χ2n) is 3.25. The summed E-state index contributed by atoms with van der Waals surface area (Å²) in [6.45, 7) is 0. The molecule has 0 unspecified atom stereocenters. The fourth-order valence-electron chi connectivity index (χ4n) is 1.13. The van der Waals surface area contributed by atoms with Gasteiger partial charge in [0.1, 0.15) is 0 Å². The minimum atomic E-state index is -0.547. The number of aromatic nitrogens is 1. The number of nitrogen functional groups attached to an aromatic ring is 1. The number of hydrogen-bond donors (Lipinski definition) is 2. The molecule has 4 N–H and O–H groups in total. The van der Waals surface area contributed by atoms with Gasteiger partial charge in [0.25, 0.3) is 5.91 Å². The first-order chi connectivity index (χ1) is 6.68. The van der Waals surface area contributed by atoms with E-state index < -0.39 is 5.91 Å². The molecule has 1 fully saturated rings. The lowest BCUT2D eigenvalue weighted by Crippen LogP contribution is -2.15. The van der Waals surface area contributed by atoms with Crippen molar-refractivity contribution >= 4 is 11.7 Å². The third kappa shape index (κ3) is 1.61. The number of primary amides is 1. The van der Waals surface area contributed by atoms with E-state index in [2.05, 4.69) is 4.98 Å². The van der Waals surface area contributed by atoms with E-state index in [1.54, 1.807) is 0 Å². The van der Waals surface area contributed by atoms with Crippen molar-refractivity contribution in [3.63, 3.8) is 0 Å². The van der Waals surface area contributed by atoms with Gasteiger partial charge in [-0.05, 0) is 18.9 Å². The number of nitrogens with zero attached hydrogens (tertiary/aromatic N) is 1. The monoisotopic (exact) mass is 193 g/mol. The lowest BCUT2D eigenvalue weighted by Gasteiger charge is -2.09. The predicted octanol–water partition coefficient (Wildman–Crippen LogP) is 0.304. The maximum absolute atomic E-state index is 11.0. The molecule has 0 aliphatic heterocycles. The highest BCUT2D eigenvalue weighted by molar-refractivity contribution is 5.96. The van der Waals surface area contributed by atoms with Crippen molar-refractivity contribution in [3.8, 4) is 5.75 Å². The average Bonchev–Trinajstić information content (AvgIpc) is 2.91. The van der Waals surface area contributed by atoms with Crippen molar-refractivity contribution < 1.29 is 9.53 Å². The number of carbonyl (C=O) groups is 1. The van der Waals surface area contributed by atoms with Crippen LogP contribution in [0.3, 0.4) is 0 Å². The molecule has 1 saturated carbocycles. The van der Waals surface area contributed by atoms with Crippen LogP contribution in [0.2, 0.25) is 0 Å². The Labute approximate surface area is 81.1 Å². The van der Waals surface area contributed by atoms with Gasteiger partial charge in [-0.15, -0.1) is 0 Å². The van der Waals surface area contributed by atoms with E-state index in [-0.39, 0.29) is 11.9 Å². The zero-order valence-electron chi connectivity index (χ0n) is 7.56. The molecule has 0 aromatic carbocycles. The van der Waals surface area contributed by atoms with Gasteiger partial charge in [0.15, 0.2) is 11.6 Å². The van der Waals surface area contributed by atoms with Crippen LogP contribution in [0.1, 0.15) is 23.2 Å². The summed E-state index contributed by atoms with van der Waals surface area (Å²) >= 11 is 0. The fourth-order valence-corrected chi connectivity index (χ4v) is 1.13. The number of rotatable bonds is 3. The Morgan fingerprint density at radius 1 is 1.57 bits per heavy atom. The van der Waals surface area contributed by atoms with Crippen LogP contribution in [0.5, 0.6) is 5.75 Å². The smallest absolute Gasteiger partial charge is 0.252 e. The molecule has 74 valence electrons. The number of carbonyl (C=O) groups excluding carboxylic acids is 1. The van der Waals surface area contributed by atoms with Crippen LogP contribution in [0.25, 0.3) is 0 Å². The Morgan fingerprint density at radius 3 is 2.86 bits per heavy atom. The molecule has 0 bridgehead atoms. The number of nitrogens with two attached hydrogens (primary N) is 2. The van der Waals surface area contributed by atoms with E-state index >= 15 is 0 Å². The Kier molecular flexibility index (Phi) is 1.99. The van der Waals surface area contributed by atoms with Gasteiger partial charge < -0.3 is 16.2 Å². The Balaban J connectivity index is 2.36. The molecule has 0 radical (unpaired) electrons. The maximum Gasteiger partial charge on any atom is 0.252 e. The normalized spacial score (nSPS) is 15.1. The highest BCUT2D eigenvalue weighted by Crippen LogP contribution is 2.31. The zero-order valence-corrected chi connectivity index (χ0v) is 7.56. The predicted molar refractivity (Wildman–Crippen MR) is 50.8 cm³/mol. The first-order valence-corrected chi connectivity index (χ1v) is 4.39. The Morgan fingerprint density at radius 2 is 2.29 bits per heavy atom. The molecule has 0 atom stereocenters. The van der Waals surface area contributed by atoms with Gasteiger partial charge in [-0.1, -0.05) is 0 Å². The summed E-state index contributed by atoms with van der Waals surface area (Å²) < 4.78 is 5.46. The molecule has 0 saturated heterocycles. The van der Waals surface area contributed by atoms with Crippen LogP contribution in [0.15, 0.2) is 12.3 Å². The van der Waals surface area contributed by atoms with Gasteiger partial charge in [0, 0.05) is 6.20 Å². The summed E-state index contributed by atoms with van der Waals surface area (Å²) in [7, 11) is 0. The van der Waals surface area contributed by atoms with Gasteiger partial charge in [-0.25, -0.2) is 4.98 Å². The molecule has 1 amide bonds. The molecule has 1 aromatic rings. The van der Waals surface area contributed by atoms with Crippen LogP contribution in [-0.4, -0.2) is 17.0 Å². The van der Waals surface area contributed by atoms with E-state index in [0.29, 0.717) is 11.3 Å². The zero-order chi connectivity index (χ0) is 10.1. The van der Waals surface area contributed by atoms with E-state index in [1.165, 1.54) is 12.3 Å². The van der Waals surface area contributed by atoms with Gasteiger partial charge in [0.05, 0.1) is 11.7 Å². The number of pyridine rings is 1. The minimum Gasteiger partial charge on any atom is -0.486 e. The second kappa shape index (κ2) is 3.17. The maximum atomic E-state index is 11.0. The molecule has 0 spiro atoms. The summed E-state index contributed by atoms with van der Waals surface area (Å²) in [6.07, 6.45) is 3.59. The van der Waals surface area contributed by atoms with Gasteiger partial charge >= 0.3 is 0 Å².